The lowest BCUT2D eigenvalue weighted by molar-refractivity contribution is -0.130. The fraction of sp³-hybridized carbons (Fsp3) is 0.150. The molecule has 5 nitrogen and oxygen atoms in total. The minimum Gasteiger partial charge on any atom is -0.497 e. The smallest absolute Gasteiger partial charge is 0.343 e. The van der Waals surface area contributed by atoms with Crippen LogP contribution in [0.1, 0.15) is 11.1 Å². The van der Waals surface area contributed by atoms with Crippen molar-refractivity contribution in [3.63, 3.8) is 0 Å². The highest BCUT2D eigenvalue weighted by atomic mass is 16.5. The second kappa shape index (κ2) is 7.13. The molecular weight excluding hydrogens is 320 g/mol. The second-order valence-corrected chi connectivity index (χ2v) is 5.33. The van der Waals surface area contributed by atoms with Gasteiger partial charge in [-0.3, -0.25) is 0 Å². The molecule has 0 fully saturated rings. The average molecular weight is 338 g/mol. The SMILES string of the molecule is COc1ccc(C2=CC(=Cc3ccc(OC)cc3OC)C(=O)O2)cc1. The lowest BCUT2D eigenvalue weighted by Gasteiger charge is -2.07. The van der Waals surface area contributed by atoms with Gasteiger partial charge in [0.15, 0.2) is 0 Å². The first kappa shape index (κ1) is 16.6. The molecule has 0 aromatic heterocycles. The van der Waals surface area contributed by atoms with Crippen molar-refractivity contribution < 1.29 is 23.7 Å². The number of hydrogen-bond acceptors (Lipinski definition) is 5. The summed E-state index contributed by atoms with van der Waals surface area (Å²) in [6.07, 6.45) is 3.45. The molecule has 5 heteroatoms. The van der Waals surface area contributed by atoms with Crippen molar-refractivity contribution in [2.75, 3.05) is 21.3 Å². The number of ether oxygens (including phenoxy) is 4. The molecule has 0 radical (unpaired) electrons. The van der Waals surface area contributed by atoms with E-state index >= 15 is 0 Å². The molecule has 25 heavy (non-hydrogen) atoms. The van der Waals surface area contributed by atoms with Gasteiger partial charge in [-0.15, -0.1) is 0 Å². The molecule has 0 bridgehead atoms. The summed E-state index contributed by atoms with van der Waals surface area (Å²) in [5.74, 6) is 2.15. The Labute approximate surface area is 146 Å². The molecule has 0 N–H and O–H groups in total. The third kappa shape index (κ3) is 3.50. The zero-order valence-electron chi connectivity index (χ0n) is 14.2. The van der Waals surface area contributed by atoms with E-state index in [1.165, 1.54) is 0 Å². The van der Waals surface area contributed by atoms with Crippen molar-refractivity contribution in [2.45, 2.75) is 0 Å². The molecule has 0 atom stereocenters. The summed E-state index contributed by atoms with van der Waals surface area (Å²) >= 11 is 0. The summed E-state index contributed by atoms with van der Waals surface area (Å²) in [5, 5.41) is 0. The van der Waals surface area contributed by atoms with Gasteiger partial charge in [0.1, 0.15) is 23.0 Å². The summed E-state index contributed by atoms with van der Waals surface area (Å²) < 4.78 is 21.0. The molecule has 1 aliphatic heterocycles. The van der Waals surface area contributed by atoms with Gasteiger partial charge >= 0.3 is 5.97 Å². The van der Waals surface area contributed by atoms with E-state index in [2.05, 4.69) is 0 Å². The summed E-state index contributed by atoms with van der Waals surface area (Å²) in [5.41, 5.74) is 2.02. The van der Waals surface area contributed by atoms with Gasteiger partial charge in [0.05, 0.1) is 26.9 Å². The molecule has 0 unspecified atom stereocenters. The molecule has 0 saturated heterocycles. The van der Waals surface area contributed by atoms with Crippen LogP contribution in [0.2, 0.25) is 0 Å². The van der Waals surface area contributed by atoms with Crippen LogP contribution in [0.25, 0.3) is 11.8 Å². The first-order valence-corrected chi connectivity index (χ1v) is 7.66. The molecule has 0 saturated carbocycles. The van der Waals surface area contributed by atoms with Gasteiger partial charge < -0.3 is 18.9 Å². The van der Waals surface area contributed by atoms with Crippen LogP contribution in [-0.2, 0) is 9.53 Å². The largest absolute Gasteiger partial charge is 0.497 e. The van der Waals surface area contributed by atoms with Crippen molar-refractivity contribution in [1.82, 2.24) is 0 Å². The maximum atomic E-state index is 12.2. The highest BCUT2D eigenvalue weighted by molar-refractivity contribution is 6.05. The Morgan fingerprint density at radius 2 is 1.56 bits per heavy atom. The number of hydrogen-bond donors (Lipinski definition) is 0. The Morgan fingerprint density at radius 1 is 0.880 bits per heavy atom. The van der Waals surface area contributed by atoms with Crippen molar-refractivity contribution in [3.05, 3.63) is 65.2 Å². The van der Waals surface area contributed by atoms with Crippen molar-refractivity contribution in [3.8, 4) is 17.2 Å². The number of carbonyl (C=O) groups is 1. The molecule has 0 aliphatic carbocycles. The van der Waals surface area contributed by atoms with E-state index in [4.69, 9.17) is 18.9 Å². The van der Waals surface area contributed by atoms with Crippen LogP contribution in [0, 0.1) is 0 Å². The molecule has 2 aromatic carbocycles. The molecule has 1 heterocycles. The minimum absolute atomic E-state index is 0.399. The normalized spacial score (nSPS) is 14.9. The predicted octanol–water partition coefficient (Wildman–Crippen LogP) is 3.69. The fourth-order valence-corrected chi connectivity index (χ4v) is 2.49. The first-order chi connectivity index (χ1) is 12.1. The van der Waals surface area contributed by atoms with E-state index in [1.807, 2.05) is 36.4 Å². The first-order valence-electron chi connectivity index (χ1n) is 7.66. The Balaban J connectivity index is 1.92. The molecule has 1 aliphatic rings. The van der Waals surface area contributed by atoms with Gasteiger partial charge in [0.2, 0.25) is 0 Å². The molecule has 0 spiro atoms. The van der Waals surface area contributed by atoms with Gasteiger partial charge in [-0.25, -0.2) is 4.79 Å². The van der Waals surface area contributed by atoms with Gasteiger partial charge in [0, 0.05) is 17.2 Å². The second-order valence-electron chi connectivity index (χ2n) is 5.33. The maximum Gasteiger partial charge on any atom is 0.343 e. The highest BCUT2D eigenvalue weighted by Crippen LogP contribution is 2.31. The van der Waals surface area contributed by atoms with E-state index < -0.39 is 5.97 Å². The Morgan fingerprint density at radius 3 is 2.20 bits per heavy atom. The lowest BCUT2D eigenvalue weighted by Crippen LogP contribution is -1.98. The quantitative estimate of drug-likeness (QED) is 0.615. The van der Waals surface area contributed by atoms with Crippen LogP contribution in [-0.4, -0.2) is 27.3 Å². The minimum atomic E-state index is -0.399. The van der Waals surface area contributed by atoms with E-state index in [0.717, 1.165) is 16.9 Å². The summed E-state index contributed by atoms with van der Waals surface area (Å²) in [6, 6.07) is 12.7. The van der Waals surface area contributed by atoms with Crippen molar-refractivity contribution in [1.29, 1.82) is 0 Å². The van der Waals surface area contributed by atoms with E-state index in [9.17, 15) is 4.79 Å². The van der Waals surface area contributed by atoms with Gasteiger partial charge in [-0.1, -0.05) is 0 Å². The molecule has 3 rings (SSSR count). The zero-order valence-corrected chi connectivity index (χ0v) is 14.2. The van der Waals surface area contributed by atoms with Crippen LogP contribution in [0.3, 0.4) is 0 Å². The number of methoxy groups -OCH3 is 3. The van der Waals surface area contributed by atoms with Crippen LogP contribution >= 0.6 is 0 Å². The number of carbonyl (C=O) groups excluding carboxylic acids is 1. The summed E-state index contributed by atoms with van der Waals surface area (Å²) in [7, 11) is 4.76. The van der Waals surface area contributed by atoms with Crippen LogP contribution in [0.5, 0.6) is 17.2 Å². The number of esters is 1. The molecule has 0 amide bonds. The van der Waals surface area contributed by atoms with Crippen LogP contribution in [0.4, 0.5) is 0 Å². The number of rotatable bonds is 5. The third-order valence-electron chi connectivity index (χ3n) is 3.85. The molecule has 2 aromatic rings. The predicted molar refractivity (Wildman–Crippen MR) is 94.6 cm³/mol. The Bertz CT molecular complexity index is 847. The van der Waals surface area contributed by atoms with E-state index in [1.54, 1.807) is 39.5 Å². The van der Waals surface area contributed by atoms with Crippen LogP contribution in [0.15, 0.2) is 54.1 Å². The maximum absolute atomic E-state index is 12.2. The fourth-order valence-electron chi connectivity index (χ4n) is 2.49. The highest BCUT2D eigenvalue weighted by Gasteiger charge is 2.22. The third-order valence-corrected chi connectivity index (χ3v) is 3.85. The summed E-state index contributed by atoms with van der Waals surface area (Å²) in [4.78, 5) is 12.2. The van der Waals surface area contributed by atoms with Crippen molar-refractivity contribution >= 4 is 17.8 Å². The number of benzene rings is 2. The monoisotopic (exact) mass is 338 g/mol. The van der Waals surface area contributed by atoms with E-state index in [0.29, 0.717) is 22.8 Å². The van der Waals surface area contributed by atoms with Crippen LogP contribution < -0.4 is 14.2 Å². The molecular formula is C20H18O5. The zero-order chi connectivity index (χ0) is 17.8. The standard InChI is InChI=1S/C20H18O5/c1-22-16-7-4-13(5-8-16)19-11-15(20(21)25-19)10-14-6-9-17(23-2)12-18(14)24-3/h4-12H,1-3H3. The number of cyclic esters (lactones) is 1. The topological polar surface area (TPSA) is 54.0 Å². The van der Waals surface area contributed by atoms with Gasteiger partial charge in [0.25, 0.3) is 0 Å². The summed E-state index contributed by atoms with van der Waals surface area (Å²) in [6.45, 7) is 0. The molecule has 128 valence electrons. The van der Waals surface area contributed by atoms with E-state index in [-0.39, 0.29) is 0 Å². The average Bonchev–Trinajstić information content (AvgIpc) is 3.02. The lowest BCUT2D eigenvalue weighted by atomic mass is 10.1. The van der Waals surface area contributed by atoms with Crippen molar-refractivity contribution in [2.24, 2.45) is 0 Å². The van der Waals surface area contributed by atoms with Gasteiger partial charge in [-0.05, 0) is 48.6 Å². The Hall–Kier alpha value is -3.21. The Kier molecular flexibility index (Phi) is 4.75. The van der Waals surface area contributed by atoms with Gasteiger partial charge in [-0.2, -0.15) is 0 Å².